The zero-order chi connectivity index (χ0) is 18.8. The van der Waals surface area contributed by atoms with E-state index in [9.17, 15) is 14.4 Å². The molecule has 1 saturated heterocycles. The van der Waals surface area contributed by atoms with E-state index in [1.807, 2.05) is 30.3 Å². The molecule has 6 nitrogen and oxygen atoms in total. The summed E-state index contributed by atoms with van der Waals surface area (Å²) in [6.07, 6.45) is 5.02. The van der Waals surface area contributed by atoms with Crippen molar-refractivity contribution >= 4 is 11.8 Å². The number of pyridine rings is 1. The third-order valence-corrected chi connectivity index (χ3v) is 5.21. The maximum absolute atomic E-state index is 13.2. The molecule has 2 aliphatic rings. The summed E-state index contributed by atoms with van der Waals surface area (Å²) in [7, 11) is 0. The molecule has 2 fully saturated rings. The van der Waals surface area contributed by atoms with Crippen LogP contribution in [-0.4, -0.2) is 40.4 Å². The maximum Gasteiger partial charge on any atom is 0.262 e. The van der Waals surface area contributed by atoms with E-state index in [0.29, 0.717) is 17.8 Å². The summed E-state index contributed by atoms with van der Waals surface area (Å²) in [4.78, 5) is 39.9. The predicted molar refractivity (Wildman–Crippen MR) is 102 cm³/mol. The number of aromatic nitrogens is 1. The van der Waals surface area contributed by atoms with Gasteiger partial charge in [0, 0.05) is 30.5 Å². The number of carbonyl (C=O) groups excluding carboxylic acids is 2. The summed E-state index contributed by atoms with van der Waals surface area (Å²) in [5, 5.41) is 3.24. The van der Waals surface area contributed by atoms with Crippen molar-refractivity contribution < 1.29 is 9.59 Å². The molecule has 27 heavy (non-hydrogen) atoms. The highest BCUT2D eigenvalue weighted by atomic mass is 16.2. The van der Waals surface area contributed by atoms with Gasteiger partial charge in [0.05, 0.1) is 11.5 Å². The van der Waals surface area contributed by atoms with Gasteiger partial charge in [-0.25, -0.2) is 0 Å². The summed E-state index contributed by atoms with van der Waals surface area (Å²) in [6.45, 7) is 1.54. The second kappa shape index (κ2) is 7.48. The Balaban J connectivity index is 1.64. The Hall–Kier alpha value is -2.73. The second-order valence-electron chi connectivity index (χ2n) is 7.25. The fourth-order valence-electron chi connectivity index (χ4n) is 3.58. The van der Waals surface area contributed by atoms with Gasteiger partial charge in [-0.3, -0.25) is 23.9 Å². The van der Waals surface area contributed by atoms with Gasteiger partial charge >= 0.3 is 0 Å². The minimum absolute atomic E-state index is 0.0102. The third kappa shape index (κ3) is 3.71. The van der Waals surface area contributed by atoms with E-state index in [1.54, 1.807) is 6.20 Å². The Morgan fingerprint density at radius 1 is 1.04 bits per heavy atom. The van der Waals surface area contributed by atoms with Crippen LogP contribution in [0.1, 0.15) is 36.0 Å². The van der Waals surface area contributed by atoms with E-state index in [1.165, 1.54) is 21.6 Å². The number of hydrogen-bond acceptors (Lipinski definition) is 4. The van der Waals surface area contributed by atoms with E-state index in [2.05, 4.69) is 5.32 Å². The quantitative estimate of drug-likeness (QED) is 0.841. The van der Waals surface area contributed by atoms with Crippen LogP contribution in [-0.2, 0) is 4.79 Å². The molecular formula is C21H23N3O3. The third-order valence-electron chi connectivity index (χ3n) is 5.21. The largest absolute Gasteiger partial charge is 0.316 e. The number of piperidine rings is 1. The van der Waals surface area contributed by atoms with Crippen molar-refractivity contribution in [2.45, 2.75) is 31.7 Å². The number of nitrogens with one attached hydrogen (secondary N) is 1. The maximum atomic E-state index is 13.2. The lowest BCUT2D eigenvalue weighted by atomic mass is 9.97. The summed E-state index contributed by atoms with van der Waals surface area (Å²) < 4.78 is 1.45. The van der Waals surface area contributed by atoms with Gasteiger partial charge in [0.25, 0.3) is 11.5 Å². The van der Waals surface area contributed by atoms with Crippen LogP contribution < -0.4 is 10.9 Å². The molecule has 1 unspecified atom stereocenters. The minimum Gasteiger partial charge on any atom is -0.316 e. The number of imide groups is 1. The first-order chi connectivity index (χ1) is 13.1. The van der Waals surface area contributed by atoms with E-state index in [-0.39, 0.29) is 29.3 Å². The van der Waals surface area contributed by atoms with E-state index in [0.717, 1.165) is 32.2 Å². The Morgan fingerprint density at radius 3 is 2.48 bits per heavy atom. The fourth-order valence-corrected chi connectivity index (χ4v) is 3.58. The number of amides is 2. The van der Waals surface area contributed by atoms with Crippen LogP contribution in [0.25, 0.3) is 5.69 Å². The molecule has 2 amide bonds. The number of hydrogen-bond donors (Lipinski definition) is 1. The Morgan fingerprint density at radius 2 is 1.81 bits per heavy atom. The topological polar surface area (TPSA) is 71.4 Å². The molecule has 2 aromatic rings. The Bertz CT molecular complexity index is 896. The molecular weight excluding hydrogens is 342 g/mol. The fraction of sp³-hybridized carbons (Fsp3) is 0.381. The van der Waals surface area contributed by atoms with Crippen molar-refractivity contribution in [3.8, 4) is 5.69 Å². The first-order valence-electron chi connectivity index (χ1n) is 9.51. The molecule has 0 bridgehead atoms. The molecule has 0 radical (unpaired) electrons. The number of nitrogens with zero attached hydrogens (tertiary/aromatic N) is 2. The molecule has 1 aliphatic heterocycles. The number of carbonyl (C=O) groups is 2. The zero-order valence-corrected chi connectivity index (χ0v) is 15.1. The molecule has 2 heterocycles. The molecule has 1 aliphatic carbocycles. The van der Waals surface area contributed by atoms with Gasteiger partial charge in [0.2, 0.25) is 5.91 Å². The van der Waals surface area contributed by atoms with Gasteiger partial charge in [-0.1, -0.05) is 18.2 Å². The van der Waals surface area contributed by atoms with Crippen molar-refractivity contribution in [1.82, 2.24) is 14.8 Å². The van der Waals surface area contributed by atoms with Crippen LogP contribution in [0.3, 0.4) is 0 Å². The van der Waals surface area contributed by atoms with Gasteiger partial charge in [-0.15, -0.1) is 0 Å². The highest BCUT2D eigenvalue weighted by molar-refractivity contribution is 6.05. The van der Waals surface area contributed by atoms with Crippen LogP contribution in [0.5, 0.6) is 0 Å². The summed E-state index contributed by atoms with van der Waals surface area (Å²) in [5.41, 5.74) is 0.846. The van der Waals surface area contributed by atoms with Crippen LogP contribution in [0.4, 0.5) is 0 Å². The van der Waals surface area contributed by atoms with Crippen LogP contribution >= 0.6 is 0 Å². The van der Waals surface area contributed by atoms with E-state index in [4.69, 9.17) is 0 Å². The molecule has 1 aromatic carbocycles. The highest BCUT2D eigenvalue weighted by Crippen LogP contribution is 2.30. The molecule has 140 valence electrons. The molecule has 0 spiro atoms. The number of benzene rings is 1. The van der Waals surface area contributed by atoms with Crippen LogP contribution in [0.15, 0.2) is 53.5 Å². The first kappa shape index (κ1) is 17.7. The number of para-hydroxylation sites is 1. The SMILES string of the molecule is O=C(c1ccc(=O)n(-c2ccccc2)c1)N(C(=O)C1CCCNC1)C1CC1. The molecule has 1 N–H and O–H groups in total. The lowest BCUT2D eigenvalue weighted by molar-refractivity contribution is -0.133. The average molecular weight is 365 g/mol. The van der Waals surface area contributed by atoms with E-state index < -0.39 is 0 Å². The van der Waals surface area contributed by atoms with Crippen molar-refractivity contribution in [2.24, 2.45) is 5.92 Å². The van der Waals surface area contributed by atoms with Gasteiger partial charge < -0.3 is 5.32 Å². The zero-order valence-electron chi connectivity index (χ0n) is 15.1. The van der Waals surface area contributed by atoms with Crippen molar-refractivity contribution in [3.63, 3.8) is 0 Å². The van der Waals surface area contributed by atoms with Crippen molar-refractivity contribution in [3.05, 3.63) is 64.6 Å². The average Bonchev–Trinajstić information content (AvgIpc) is 3.54. The van der Waals surface area contributed by atoms with Crippen molar-refractivity contribution in [2.75, 3.05) is 13.1 Å². The van der Waals surface area contributed by atoms with Crippen LogP contribution in [0, 0.1) is 5.92 Å². The summed E-state index contributed by atoms with van der Waals surface area (Å²) in [5.74, 6) is -0.548. The van der Waals surface area contributed by atoms with E-state index >= 15 is 0 Å². The summed E-state index contributed by atoms with van der Waals surface area (Å²) >= 11 is 0. The number of rotatable bonds is 4. The Labute approximate surface area is 157 Å². The van der Waals surface area contributed by atoms with Crippen LogP contribution in [0.2, 0.25) is 0 Å². The first-order valence-corrected chi connectivity index (χ1v) is 9.51. The lowest BCUT2D eigenvalue weighted by Crippen LogP contribution is -2.47. The Kier molecular flexibility index (Phi) is 4.90. The monoisotopic (exact) mass is 365 g/mol. The molecule has 1 saturated carbocycles. The summed E-state index contributed by atoms with van der Waals surface area (Å²) in [6, 6.07) is 12.1. The molecule has 6 heteroatoms. The van der Waals surface area contributed by atoms with Crippen molar-refractivity contribution in [1.29, 1.82) is 0 Å². The minimum atomic E-state index is -0.308. The van der Waals surface area contributed by atoms with Gasteiger partial charge in [0.15, 0.2) is 0 Å². The molecule has 1 atom stereocenters. The normalized spacial score (nSPS) is 19.5. The lowest BCUT2D eigenvalue weighted by Gasteiger charge is -2.28. The smallest absolute Gasteiger partial charge is 0.262 e. The standard InChI is InChI=1S/C21H23N3O3/c25-19-11-8-16(14-23(19)17-6-2-1-3-7-17)21(27)24(18-9-10-18)20(26)15-5-4-12-22-13-15/h1-3,6-8,11,14-15,18,22H,4-5,9-10,12-13H2. The predicted octanol–water partition coefficient (Wildman–Crippen LogP) is 1.97. The highest BCUT2D eigenvalue weighted by Gasteiger charge is 2.40. The van der Waals surface area contributed by atoms with Gasteiger partial charge in [0.1, 0.15) is 0 Å². The molecule has 4 rings (SSSR count). The molecule has 1 aromatic heterocycles. The van der Waals surface area contributed by atoms with Gasteiger partial charge in [-0.05, 0) is 50.4 Å². The second-order valence-corrected chi connectivity index (χ2v) is 7.25. The van der Waals surface area contributed by atoms with Gasteiger partial charge in [-0.2, -0.15) is 0 Å².